The van der Waals surface area contributed by atoms with E-state index in [4.69, 9.17) is 17.0 Å². The standard InChI is InChI=1S/C27H21BrN2O2S2/c1-18-7-10-22(11-8-18)32-14-13-29-17-19(23-16-20(28)9-12-24(23)29)15-25-26(31)30(27(33)34-25)21-5-3-2-4-6-21/h2-12,15-17H,13-14H2,1H3/b25-15-. The van der Waals surface area contributed by atoms with Crippen molar-refractivity contribution >= 4 is 72.8 Å². The van der Waals surface area contributed by atoms with Gasteiger partial charge in [-0.05, 0) is 55.5 Å². The van der Waals surface area contributed by atoms with Crippen molar-refractivity contribution in [1.82, 2.24) is 4.57 Å². The van der Waals surface area contributed by atoms with Crippen LogP contribution < -0.4 is 9.64 Å². The second-order valence-electron chi connectivity index (χ2n) is 7.95. The normalized spacial score (nSPS) is 15.0. The highest BCUT2D eigenvalue weighted by molar-refractivity contribution is 9.10. The summed E-state index contributed by atoms with van der Waals surface area (Å²) >= 11 is 10.4. The van der Waals surface area contributed by atoms with E-state index < -0.39 is 0 Å². The van der Waals surface area contributed by atoms with E-state index in [0.717, 1.165) is 32.4 Å². The van der Waals surface area contributed by atoms with Crippen molar-refractivity contribution in [2.24, 2.45) is 0 Å². The number of carbonyl (C=O) groups excluding carboxylic acids is 1. The van der Waals surface area contributed by atoms with Crippen molar-refractivity contribution in [3.63, 3.8) is 0 Å². The maximum Gasteiger partial charge on any atom is 0.270 e. The van der Waals surface area contributed by atoms with Gasteiger partial charge in [0.2, 0.25) is 0 Å². The Morgan fingerprint density at radius 2 is 1.82 bits per heavy atom. The molecule has 0 bridgehead atoms. The van der Waals surface area contributed by atoms with E-state index in [-0.39, 0.29) is 5.91 Å². The molecule has 0 radical (unpaired) electrons. The first-order chi connectivity index (χ1) is 16.5. The Morgan fingerprint density at radius 1 is 1.06 bits per heavy atom. The van der Waals surface area contributed by atoms with Crippen molar-refractivity contribution in [3.8, 4) is 5.75 Å². The Kier molecular flexibility index (Phi) is 6.59. The third-order valence-corrected chi connectivity index (χ3v) is 7.39. The van der Waals surface area contributed by atoms with Crippen LogP contribution in [0.3, 0.4) is 0 Å². The van der Waals surface area contributed by atoms with Gasteiger partial charge < -0.3 is 9.30 Å². The average Bonchev–Trinajstić information content (AvgIpc) is 3.31. The summed E-state index contributed by atoms with van der Waals surface area (Å²) in [7, 11) is 0. The maximum atomic E-state index is 13.2. The molecule has 4 nitrogen and oxygen atoms in total. The number of amides is 1. The molecule has 4 aromatic rings. The van der Waals surface area contributed by atoms with E-state index in [0.29, 0.717) is 22.4 Å². The van der Waals surface area contributed by atoms with Crippen molar-refractivity contribution in [3.05, 3.63) is 99.5 Å². The molecule has 0 atom stereocenters. The Balaban J connectivity index is 1.42. The lowest BCUT2D eigenvalue weighted by atomic mass is 10.1. The van der Waals surface area contributed by atoms with Crippen LogP contribution in [0.1, 0.15) is 11.1 Å². The number of rotatable bonds is 6. The fourth-order valence-corrected chi connectivity index (χ4v) is 5.55. The van der Waals surface area contributed by atoms with E-state index in [2.05, 4.69) is 45.8 Å². The Labute approximate surface area is 216 Å². The van der Waals surface area contributed by atoms with E-state index in [1.54, 1.807) is 4.90 Å². The zero-order chi connectivity index (χ0) is 23.7. The van der Waals surface area contributed by atoms with Gasteiger partial charge in [0.25, 0.3) is 5.91 Å². The quantitative estimate of drug-likeness (QED) is 0.188. The highest BCUT2D eigenvalue weighted by Crippen LogP contribution is 2.37. The molecule has 0 saturated carbocycles. The van der Waals surface area contributed by atoms with Crippen LogP contribution >= 0.6 is 39.9 Å². The number of anilines is 1. The zero-order valence-electron chi connectivity index (χ0n) is 18.4. The molecule has 170 valence electrons. The maximum absolute atomic E-state index is 13.2. The molecule has 0 spiro atoms. The number of aromatic nitrogens is 1. The number of aryl methyl sites for hydroxylation is 1. The van der Waals surface area contributed by atoms with Gasteiger partial charge in [-0.25, -0.2) is 0 Å². The number of nitrogens with zero attached hydrogens (tertiary/aromatic N) is 2. The van der Waals surface area contributed by atoms with E-state index in [1.165, 1.54) is 17.3 Å². The number of halogens is 1. The summed E-state index contributed by atoms with van der Waals surface area (Å²) in [5.74, 6) is 0.759. The number of para-hydroxylation sites is 1. The van der Waals surface area contributed by atoms with Gasteiger partial charge in [0.1, 0.15) is 12.4 Å². The number of thiocarbonyl (C=S) groups is 1. The monoisotopic (exact) mass is 548 g/mol. The largest absolute Gasteiger partial charge is 0.492 e. The molecule has 1 saturated heterocycles. The third kappa shape index (κ3) is 4.69. The zero-order valence-corrected chi connectivity index (χ0v) is 21.6. The van der Waals surface area contributed by atoms with Crippen LogP contribution in [0.25, 0.3) is 17.0 Å². The molecule has 1 aliphatic heterocycles. The minimum Gasteiger partial charge on any atom is -0.492 e. The SMILES string of the molecule is Cc1ccc(OCCn2cc(/C=C3\SC(=S)N(c4ccccc4)C3=O)c3cc(Br)ccc32)cc1. The molecule has 0 N–H and O–H groups in total. The lowest BCUT2D eigenvalue weighted by Crippen LogP contribution is -2.27. The van der Waals surface area contributed by atoms with Gasteiger partial charge in [0.05, 0.1) is 17.1 Å². The van der Waals surface area contributed by atoms with Crippen LogP contribution in [0.4, 0.5) is 5.69 Å². The number of carbonyl (C=O) groups is 1. The Hall–Kier alpha value is -2.87. The first-order valence-electron chi connectivity index (χ1n) is 10.8. The van der Waals surface area contributed by atoms with Crippen molar-refractivity contribution < 1.29 is 9.53 Å². The van der Waals surface area contributed by atoms with Crippen LogP contribution in [-0.4, -0.2) is 21.4 Å². The first kappa shape index (κ1) is 22.9. The van der Waals surface area contributed by atoms with Crippen LogP contribution in [0.2, 0.25) is 0 Å². The smallest absolute Gasteiger partial charge is 0.270 e. The summed E-state index contributed by atoms with van der Waals surface area (Å²) in [6.07, 6.45) is 4.01. The molecule has 1 amide bonds. The summed E-state index contributed by atoms with van der Waals surface area (Å²) in [4.78, 5) is 15.4. The average molecular weight is 550 g/mol. The third-order valence-electron chi connectivity index (χ3n) is 5.59. The topological polar surface area (TPSA) is 34.5 Å². The van der Waals surface area contributed by atoms with Gasteiger partial charge in [-0.15, -0.1) is 0 Å². The summed E-state index contributed by atoms with van der Waals surface area (Å²) in [5, 5.41) is 1.06. The molecule has 7 heteroatoms. The van der Waals surface area contributed by atoms with Crippen LogP contribution in [0.5, 0.6) is 5.75 Å². The molecule has 0 aliphatic carbocycles. The highest BCUT2D eigenvalue weighted by atomic mass is 79.9. The molecule has 5 rings (SSSR count). The van der Waals surface area contributed by atoms with Crippen molar-refractivity contribution in [2.75, 3.05) is 11.5 Å². The molecule has 1 fully saturated rings. The second kappa shape index (κ2) is 9.78. The molecule has 1 aromatic heterocycles. The molecular formula is C27H21BrN2O2S2. The Bertz CT molecular complexity index is 1410. The van der Waals surface area contributed by atoms with Crippen molar-refractivity contribution in [1.29, 1.82) is 0 Å². The molecule has 0 unspecified atom stereocenters. The summed E-state index contributed by atoms with van der Waals surface area (Å²) in [5.41, 5.74) is 4.05. The fourth-order valence-electron chi connectivity index (χ4n) is 3.90. The molecule has 1 aliphatic rings. The van der Waals surface area contributed by atoms with E-state index in [9.17, 15) is 4.79 Å². The van der Waals surface area contributed by atoms with E-state index in [1.807, 2.05) is 66.7 Å². The summed E-state index contributed by atoms with van der Waals surface area (Å²) in [6, 6.07) is 23.8. The van der Waals surface area contributed by atoms with Gasteiger partial charge in [-0.1, -0.05) is 75.8 Å². The highest BCUT2D eigenvalue weighted by Gasteiger charge is 2.33. The number of fused-ring (bicyclic) bond motifs is 1. The lowest BCUT2D eigenvalue weighted by Gasteiger charge is -2.13. The second-order valence-corrected chi connectivity index (χ2v) is 10.5. The van der Waals surface area contributed by atoms with Crippen LogP contribution in [-0.2, 0) is 11.3 Å². The predicted molar refractivity (Wildman–Crippen MR) is 148 cm³/mol. The summed E-state index contributed by atoms with van der Waals surface area (Å²) in [6.45, 7) is 3.28. The minimum atomic E-state index is -0.0974. The summed E-state index contributed by atoms with van der Waals surface area (Å²) < 4.78 is 9.64. The van der Waals surface area contributed by atoms with Gasteiger partial charge in [0, 0.05) is 27.1 Å². The molecule has 2 heterocycles. The number of ether oxygens (including phenoxy) is 1. The number of hydrogen-bond acceptors (Lipinski definition) is 4. The van der Waals surface area contributed by atoms with Crippen molar-refractivity contribution in [2.45, 2.75) is 13.5 Å². The minimum absolute atomic E-state index is 0.0974. The van der Waals surface area contributed by atoms with Crippen LogP contribution in [0, 0.1) is 6.92 Å². The fraction of sp³-hybridized carbons (Fsp3) is 0.111. The number of hydrogen-bond donors (Lipinski definition) is 0. The Morgan fingerprint density at radius 3 is 2.59 bits per heavy atom. The van der Waals surface area contributed by atoms with Crippen LogP contribution in [0.15, 0.2) is 88.4 Å². The lowest BCUT2D eigenvalue weighted by molar-refractivity contribution is -0.113. The van der Waals surface area contributed by atoms with Gasteiger partial charge in [-0.3, -0.25) is 9.69 Å². The molecule has 34 heavy (non-hydrogen) atoms. The number of thioether (sulfide) groups is 1. The van der Waals surface area contributed by atoms with Gasteiger partial charge >= 0.3 is 0 Å². The first-order valence-corrected chi connectivity index (χ1v) is 12.8. The van der Waals surface area contributed by atoms with Gasteiger partial charge in [0.15, 0.2) is 4.32 Å². The van der Waals surface area contributed by atoms with E-state index >= 15 is 0 Å². The molecular weight excluding hydrogens is 528 g/mol. The predicted octanol–water partition coefficient (Wildman–Crippen LogP) is 7.20. The van der Waals surface area contributed by atoms with Gasteiger partial charge in [-0.2, -0.15) is 0 Å². The molecule has 3 aromatic carbocycles. The number of benzene rings is 3.